The zero-order chi connectivity index (χ0) is 12.2. The van der Waals surface area contributed by atoms with Crippen LogP contribution in [0.4, 0.5) is 9.59 Å². The molecule has 0 aromatic heterocycles. The molecule has 2 amide bonds. The van der Waals surface area contributed by atoms with E-state index in [1.807, 2.05) is 13.8 Å². The number of carbonyl (C=O) groups excluding carboxylic acids is 2. The molecule has 6 nitrogen and oxygen atoms in total. The van der Waals surface area contributed by atoms with Crippen molar-refractivity contribution in [3.8, 4) is 0 Å². The minimum atomic E-state index is -0.856. The third-order valence-electron chi connectivity index (χ3n) is 1.66. The summed E-state index contributed by atoms with van der Waals surface area (Å²) in [6.45, 7) is 4.28. The fourth-order valence-corrected chi connectivity index (χ4v) is 1.41. The molecule has 0 aliphatic rings. The van der Waals surface area contributed by atoms with Gasteiger partial charge in [0.2, 0.25) is 9.76 Å². The van der Waals surface area contributed by atoms with E-state index in [4.69, 9.17) is 4.43 Å². The van der Waals surface area contributed by atoms with E-state index in [0.29, 0.717) is 6.61 Å². The Labute approximate surface area is 97.4 Å². The van der Waals surface area contributed by atoms with Crippen molar-refractivity contribution in [2.75, 3.05) is 6.61 Å². The minimum Gasteiger partial charge on any atom is -0.507 e. The molecular formula is C9H18N2O4Si. The van der Waals surface area contributed by atoms with Crippen LogP contribution in [0.1, 0.15) is 33.1 Å². The molecule has 0 radical (unpaired) electrons. The van der Waals surface area contributed by atoms with E-state index in [2.05, 4.69) is 15.0 Å². The van der Waals surface area contributed by atoms with Crippen molar-refractivity contribution in [1.29, 1.82) is 0 Å². The predicted molar refractivity (Wildman–Crippen MR) is 61.2 cm³/mol. The number of hydrogen-bond donors (Lipinski definition) is 0. The highest BCUT2D eigenvalue weighted by molar-refractivity contribution is 6.30. The molecule has 16 heavy (non-hydrogen) atoms. The summed E-state index contributed by atoms with van der Waals surface area (Å²) >= 11 is 0. The largest absolute Gasteiger partial charge is 0.507 e. The first-order valence-electron chi connectivity index (χ1n) is 5.46. The number of azo groups is 1. The van der Waals surface area contributed by atoms with Gasteiger partial charge in [0.05, 0.1) is 6.61 Å². The van der Waals surface area contributed by atoms with Crippen LogP contribution in [0.3, 0.4) is 0 Å². The third kappa shape index (κ3) is 9.32. The smallest absolute Gasteiger partial charge is 0.452 e. The normalized spacial score (nSPS) is 11.1. The Morgan fingerprint density at radius 1 is 1.12 bits per heavy atom. The van der Waals surface area contributed by atoms with Crippen LogP contribution >= 0.6 is 0 Å². The quantitative estimate of drug-likeness (QED) is 0.409. The van der Waals surface area contributed by atoms with Crippen molar-refractivity contribution in [3.63, 3.8) is 0 Å². The molecule has 0 spiro atoms. The van der Waals surface area contributed by atoms with E-state index in [-0.39, 0.29) is 0 Å². The van der Waals surface area contributed by atoms with Gasteiger partial charge in [0, 0.05) is 0 Å². The number of carbonyl (C=O) groups is 2. The Kier molecular flexibility index (Phi) is 9.48. The Balaban J connectivity index is 3.63. The first kappa shape index (κ1) is 14.8. The topological polar surface area (TPSA) is 77.3 Å². The van der Waals surface area contributed by atoms with Gasteiger partial charge in [-0.25, -0.2) is 9.59 Å². The number of unbranched alkanes of at least 4 members (excludes halogenated alkanes) is 1. The van der Waals surface area contributed by atoms with Gasteiger partial charge in [0.25, 0.3) is 0 Å². The van der Waals surface area contributed by atoms with Crippen molar-refractivity contribution in [1.82, 2.24) is 0 Å². The van der Waals surface area contributed by atoms with Gasteiger partial charge in [-0.05, 0) is 12.5 Å². The highest BCUT2D eigenvalue weighted by Crippen LogP contribution is 1.94. The zero-order valence-corrected chi connectivity index (χ0v) is 11.2. The van der Waals surface area contributed by atoms with Crippen molar-refractivity contribution in [3.05, 3.63) is 0 Å². The summed E-state index contributed by atoms with van der Waals surface area (Å²) in [5.41, 5.74) is 0. The molecule has 0 aromatic rings. The zero-order valence-electron chi connectivity index (χ0n) is 9.77. The lowest BCUT2D eigenvalue weighted by Gasteiger charge is -1.98. The standard InChI is InChI=1S/C9H18N2O4Si/c1-3-5-6-14-8(12)10-11-9(13)15-16-7-4-2/h3-7,16H2,1-2H3/b11-10+. The van der Waals surface area contributed by atoms with Crippen molar-refractivity contribution < 1.29 is 18.8 Å². The van der Waals surface area contributed by atoms with Gasteiger partial charge in [0.15, 0.2) is 0 Å². The average Bonchev–Trinajstić information content (AvgIpc) is 2.27. The van der Waals surface area contributed by atoms with Crippen molar-refractivity contribution >= 4 is 21.9 Å². The Hall–Kier alpha value is -1.24. The maximum absolute atomic E-state index is 10.9. The fourth-order valence-electron chi connectivity index (χ4n) is 0.747. The van der Waals surface area contributed by atoms with E-state index in [0.717, 1.165) is 25.3 Å². The molecule has 0 bridgehead atoms. The summed E-state index contributed by atoms with van der Waals surface area (Å²) in [6.07, 6.45) is 1.04. The molecule has 0 rings (SSSR count). The lowest BCUT2D eigenvalue weighted by Crippen LogP contribution is -2.05. The van der Waals surface area contributed by atoms with Crippen LogP contribution in [0, 0.1) is 0 Å². The molecule has 0 heterocycles. The minimum absolute atomic E-state index is 0.300. The number of rotatable bonds is 6. The van der Waals surface area contributed by atoms with E-state index in [1.165, 1.54) is 0 Å². The molecular weight excluding hydrogens is 228 g/mol. The summed E-state index contributed by atoms with van der Waals surface area (Å²) < 4.78 is 9.45. The van der Waals surface area contributed by atoms with Crippen LogP contribution < -0.4 is 0 Å². The number of ether oxygens (including phenoxy) is 1. The molecule has 0 N–H and O–H groups in total. The van der Waals surface area contributed by atoms with Crippen LogP contribution in [-0.4, -0.2) is 28.6 Å². The summed E-state index contributed by atoms with van der Waals surface area (Å²) in [5.74, 6) is 0. The number of nitrogens with zero attached hydrogens (tertiary/aromatic N) is 2. The molecule has 0 unspecified atom stereocenters. The second kappa shape index (κ2) is 10.3. The highest BCUT2D eigenvalue weighted by Gasteiger charge is 2.02. The Bertz CT molecular complexity index is 222. The molecule has 0 saturated heterocycles. The monoisotopic (exact) mass is 246 g/mol. The molecule has 92 valence electrons. The van der Waals surface area contributed by atoms with Crippen LogP contribution in [0.5, 0.6) is 0 Å². The van der Waals surface area contributed by atoms with Crippen LogP contribution in [-0.2, 0) is 9.16 Å². The van der Waals surface area contributed by atoms with E-state index >= 15 is 0 Å². The summed E-state index contributed by atoms with van der Waals surface area (Å²) in [4.78, 5) is 21.8. The maximum Gasteiger partial charge on any atom is 0.452 e. The van der Waals surface area contributed by atoms with Crippen molar-refractivity contribution in [2.24, 2.45) is 10.2 Å². The van der Waals surface area contributed by atoms with Gasteiger partial charge in [-0.3, -0.25) is 0 Å². The fraction of sp³-hybridized carbons (Fsp3) is 0.778. The Morgan fingerprint density at radius 2 is 1.81 bits per heavy atom. The van der Waals surface area contributed by atoms with Gasteiger partial charge in [-0.15, -0.1) is 0 Å². The van der Waals surface area contributed by atoms with Crippen LogP contribution in [0.15, 0.2) is 10.2 Å². The predicted octanol–water partition coefficient (Wildman–Crippen LogP) is 2.42. The number of amides is 2. The maximum atomic E-state index is 10.9. The lowest BCUT2D eigenvalue weighted by atomic mass is 10.4. The molecule has 0 aromatic carbocycles. The summed E-state index contributed by atoms with van der Waals surface area (Å²) in [6, 6.07) is 0.905. The molecule has 0 fully saturated rings. The first-order valence-corrected chi connectivity index (χ1v) is 7.03. The van der Waals surface area contributed by atoms with Gasteiger partial charge in [-0.2, -0.15) is 0 Å². The second-order valence-corrected chi connectivity index (χ2v) is 4.54. The highest BCUT2D eigenvalue weighted by atomic mass is 28.2. The second-order valence-electron chi connectivity index (χ2n) is 3.14. The summed E-state index contributed by atoms with van der Waals surface area (Å²) in [5, 5.41) is 6.18. The molecule has 0 saturated carbocycles. The van der Waals surface area contributed by atoms with Gasteiger partial charge >= 0.3 is 12.2 Å². The van der Waals surface area contributed by atoms with E-state index < -0.39 is 21.9 Å². The van der Waals surface area contributed by atoms with Crippen LogP contribution in [0.25, 0.3) is 0 Å². The Morgan fingerprint density at radius 3 is 2.44 bits per heavy atom. The van der Waals surface area contributed by atoms with Crippen LogP contribution in [0.2, 0.25) is 6.04 Å². The van der Waals surface area contributed by atoms with Gasteiger partial charge < -0.3 is 9.16 Å². The van der Waals surface area contributed by atoms with E-state index in [1.54, 1.807) is 0 Å². The van der Waals surface area contributed by atoms with E-state index in [9.17, 15) is 9.59 Å². The summed E-state index contributed by atoms with van der Waals surface area (Å²) in [7, 11) is -0.856. The molecule has 0 atom stereocenters. The molecule has 7 heteroatoms. The number of hydrogen-bond acceptors (Lipinski definition) is 4. The van der Waals surface area contributed by atoms with Gasteiger partial charge in [-0.1, -0.05) is 36.9 Å². The lowest BCUT2D eigenvalue weighted by molar-refractivity contribution is 0.152. The van der Waals surface area contributed by atoms with Crippen molar-refractivity contribution in [2.45, 2.75) is 39.2 Å². The molecule has 0 aliphatic carbocycles. The first-order chi connectivity index (χ1) is 7.70. The molecule has 0 aliphatic heterocycles. The SMILES string of the molecule is CCCCOC(=O)/N=N/C(=O)O[SiH2]CCC. The van der Waals surface area contributed by atoms with Gasteiger partial charge in [0.1, 0.15) is 0 Å². The average molecular weight is 246 g/mol. The third-order valence-corrected chi connectivity index (χ3v) is 3.11.